The molecule has 8 heteroatoms. The van der Waals surface area contributed by atoms with Gasteiger partial charge >= 0.3 is 5.97 Å². The van der Waals surface area contributed by atoms with Crippen LogP contribution in [0, 0.1) is 0 Å². The summed E-state index contributed by atoms with van der Waals surface area (Å²) in [5, 5.41) is 10.0. The lowest BCUT2D eigenvalue weighted by Crippen LogP contribution is -2.08. The highest BCUT2D eigenvalue weighted by Crippen LogP contribution is 2.32. The van der Waals surface area contributed by atoms with Crippen molar-refractivity contribution in [3.8, 4) is 22.1 Å². The van der Waals surface area contributed by atoms with Crippen LogP contribution in [0.1, 0.15) is 17.3 Å². The molecule has 0 fully saturated rings. The fourth-order valence-electron chi connectivity index (χ4n) is 2.31. The normalized spacial score (nSPS) is 10.6. The number of ether oxygens (including phenoxy) is 2. The molecule has 7 nitrogen and oxygen atoms in total. The first-order chi connectivity index (χ1) is 11.7. The van der Waals surface area contributed by atoms with Crippen molar-refractivity contribution in [1.29, 1.82) is 0 Å². The summed E-state index contributed by atoms with van der Waals surface area (Å²) in [6.45, 7) is 2.06. The Morgan fingerprint density at radius 2 is 2.17 bits per heavy atom. The Bertz CT molecular complexity index is 858. The van der Waals surface area contributed by atoms with Crippen LogP contribution in [0.5, 0.6) is 5.75 Å². The molecule has 0 bridgehead atoms. The molecule has 2 heterocycles. The van der Waals surface area contributed by atoms with E-state index in [1.807, 2.05) is 17.5 Å². The maximum absolute atomic E-state index is 12.0. The summed E-state index contributed by atoms with van der Waals surface area (Å²) in [5.74, 6) is 0.928. The van der Waals surface area contributed by atoms with Crippen LogP contribution in [0.2, 0.25) is 0 Å². The number of methoxy groups -OCH3 is 1. The van der Waals surface area contributed by atoms with E-state index in [0.29, 0.717) is 29.4 Å². The van der Waals surface area contributed by atoms with Gasteiger partial charge in [-0.05, 0) is 36.6 Å². The second kappa shape index (κ2) is 6.71. The second-order valence-corrected chi connectivity index (χ2v) is 5.75. The van der Waals surface area contributed by atoms with Crippen molar-refractivity contribution < 1.29 is 14.3 Å². The molecule has 0 aliphatic heterocycles. The lowest BCUT2D eigenvalue weighted by molar-refractivity contribution is 0.0526. The standard InChI is InChI=1S/C16H16N4O3S/c1-3-23-15(21)10-6-7-12(22-2)11(9-10)20-14(18-19-16(20)17)13-5-4-8-24-13/h4-9H,3H2,1-2H3,(H2,17,19). The molecule has 0 atom stereocenters. The van der Waals surface area contributed by atoms with Gasteiger partial charge in [0.25, 0.3) is 0 Å². The van der Waals surface area contributed by atoms with E-state index in [9.17, 15) is 4.79 Å². The van der Waals surface area contributed by atoms with Gasteiger partial charge in [0.2, 0.25) is 5.95 Å². The third-order valence-electron chi connectivity index (χ3n) is 3.36. The molecule has 0 spiro atoms. The number of hydrogen-bond donors (Lipinski definition) is 1. The van der Waals surface area contributed by atoms with Crippen molar-refractivity contribution in [2.45, 2.75) is 6.92 Å². The molecular weight excluding hydrogens is 328 g/mol. The largest absolute Gasteiger partial charge is 0.495 e. The molecule has 0 saturated carbocycles. The van der Waals surface area contributed by atoms with Crippen LogP contribution in [0.4, 0.5) is 5.95 Å². The number of carbonyl (C=O) groups excluding carboxylic acids is 1. The molecule has 2 N–H and O–H groups in total. The summed E-state index contributed by atoms with van der Waals surface area (Å²) in [6.07, 6.45) is 0. The molecule has 124 valence electrons. The van der Waals surface area contributed by atoms with Gasteiger partial charge in [-0.2, -0.15) is 0 Å². The topological polar surface area (TPSA) is 92.3 Å². The van der Waals surface area contributed by atoms with Crippen LogP contribution < -0.4 is 10.5 Å². The van der Waals surface area contributed by atoms with Gasteiger partial charge in [0, 0.05) is 0 Å². The summed E-state index contributed by atoms with van der Waals surface area (Å²) in [5.41, 5.74) is 6.99. The zero-order chi connectivity index (χ0) is 17.1. The minimum Gasteiger partial charge on any atom is -0.495 e. The smallest absolute Gasteiger partial charge is 0.338 e. The van der Waals surface area contributed by atoms with Crippen molar-refractivity contribution in [3.63, 3.8) is 0 Å². The van der Waals surface area contributed by atoms with Crippen molar-refractivity contribution in [1.82, 2.24) is 14.8 Å². The Kier molecular flexibility index (Phi) is 4.48. The van der Waals surface area contributed by atoms with E-state index in [-0.39, 0.29) is 5.95 Å². The summed E-state index contributed by atoms with van der Waals surface area (Å²) in [6, 6.07) is 8.84. The number of benzene rings is 1. The maximum Gasteiger partial charge on any atom is 0.338 e. The van der Waals surface area contributed by atoms with Crippen LogP contribution in [-0.2, 0) is 4.74 Å². The van der Waals surface area contributed by atoms with Gasteiger partial charge in [0.1, 0.15) is 5.75 Å². The average molecular weight is 344 g/mol. The van der Waals surface area contributed by atoms with E-state index >= 15 is 0 Å². The molecule has 1 aromatic carbocycles. The van der Waals surface area contributed by atoms with Crippen LogP contribution >= 0.6 is 11.3 Å². The van der Waals surface area contributed by atoms with Crippen molar-refractivity contribution in [2.75, 3.05) is 19.5 Å². The molecule has 0 saturated heterocycles. The van der Waals surface area contributed by atoms with Crippen molar-refractivity contribution in [3.05, 3.63) is 41.3 Å². The molecule has 3 aromatic rings. The van der Waals surface area contributed by atoms with Gasteiger partial charge in [-0.1, -0.05) is 6.07 Å². The number of nitrogen functional groups attached to an aromatic ring is 1. The van der Waals surface area contributed by atoms with Crippen LogP contribution in [0.25, 0.3) is 16.4 Å². The molecule has 0 unspecified atom stereocenters. The van der Waals surface area contributed by atoms with E-state index in [4.69, 9.17) is 15.2 Å². The Balaban J connectivity index is 2.17. The predicted molar refractivity (Wildman–Crippen MR) is 91.6 cm³/mol. The number of esters is 1. The second-order valence-electron chi connectivity index (χ2n) is 4.80. The summed E-state index contributed by atoms with van der Waals surface area (Å²) in [7, 11) is 1.55. The number of nitrogens with zero attached hydrogens (tertiary/aromatic N) is 3. The highest BCUT2D eigenvalue weighted by Gasteiger charge is 2.19. The van der Waals surface area contributed by atoms with Gasteiger partial charge in [-0.25, -0.2) is 4.79 Å². The third-order valence-corrected chi connectivity index (χ3v) is 4.23. The van der Waals surface area contributed by atoms with Crippen LogP contribution in [-0.4, -0.2) is 34.5 Å². The van der Waals surface area contributed by atoms with Gasteiger partial charge in [0.15, 0.2) is 5.82 Å². The molecule has 3 rings (SSSR count). The van der Waals surface area contributed by atoms with E-state index in [1.54, 1.807) is 36.8 Å². The first-order valence-corrected chi connectivity index (χ1v) is 8.14. The lowest BCUT2D eigenvalue weighted by Gasteiger charge is -2.13. The van der Waals surface area contributed by atoms with Crippen molar-refractivity contribution >= 4 is 23.3 Å². The first kappa shape index (κ1) is 16.0. The fraction of sp³-hybridized carbons (Fsp3) is 0.188. The quantitative estimate of drug-likeness (QED) is 0.716. The average Bonchev–Trinajstić information content (AvgIpc) is 3.23. The first-order valence-electron chi connectivity index (χ1n) is 7.26. The summed E-state index contributed by atoms with van der Waals surface area (Å²) in [4.78, 5) is 12.9. The van der Waals surface area contributed by atoms with Gasteiger partial charge in [0.05, 0.1) is 29.8 Å². The highest BCUT2D eigenvalue weighted by molar-refractivity contribution is 7.13. The minimum atomic E-state index is -0.411. The number of thiophene rings is 1. The predicted octanol–water partition coefficient (Wildman–Crippen LogP) is 2.76. The third kappa shape index (κ3) is 2.83. The van der Waals surface area contributed by atoms with E-state index in [2.05, 4.69) is 10.2 Å². The van der Waals surface area contributed by atoms with Gasteiger partial charge in [-0.15, -0.1) is 21.5 Å². The zero-order valence-electron chi connectivity index (χ0n) is 13.2. The molecule has 2 aromatic heterocycles. The van der Waals surface area contributed by atoms with E-state index in [1.165, 1.54) is 11.3 Å². The van der Waals surface area contributed by atoms with Crippen LogP contribution in [0.15, 0.2) is 35.7 Å². The Hall–Kier alpha value is -2.87. The molecule has 0 aliphatic carbocycles. The van der Waals surface area contributed by atoms with E-state index < -0.39 is 5.97 Å². The number of hydrogen-bond acceptors (Lipinski definition) is 7. The Morgan fingerprint density at radius 1 is 1.33 bits per heavy atom. The SMILES string of the molecule is CCOC(=O)c1ccc(OC)c(-n2c(N)nnc2-c2cccs2)c1. The van der Waals surface area contributed by atoms with Gasteiger partial charge < -0.3 is 15.2 Å². The van der Waals surface area contributed by atoms with Crippen molar-refractivity contribution in [2.24, 2.45) is 0 Å². The molecule has 0 radical (unpaired) electrons. The Labute approximate surface area is 142 Å². The lowest BCUT2D eigenvalue weighted by atomic mass is 10.1. The number of aromatic nitrogens is 3. The minimum absolute atomic E-state index is 0.206. The van der Waals surface area contributed by atoms with Gasteiger partial charge in [-0.3, -0.25) is 4.57 Å². The fourth-order valence-corrected chi connectivity index (χ4v) is 3.00. The maximum atomic E-state index is 12.0. The van der Waals surface area contributed by atoms with Crippen LogP contribution in [0.3, 0.4) is 0 Å². The molecule has 0 aliphatic rings. The number of carbonyl (C=O) groups is 1. The highest BCUT2D eigenvalue weighted by atomic mass is 32.1. The summed E-state index contributed by atoms with van der Waals surface area (Å²) >= 11 is 1.52. The Morgan fingerprint density at radius 3 is 2.83 bits per heavy atom. The molecular formula is C16H16N4O3S. The molecule has 0 amide bonds. The number of rotatable bonds is 5. The van der Waals surface area contributed by atoms with E-state index in [0.717, 1.165) is 4.88 Å². The zero-order valence-corrected chi connectivity index (χ0v) is 14.0. The summed E-state index contributed by atoms with van der Waals surface area (Å²) < 4.78 is 12.1. The monoisotopic (exact) mass is 344 g/mol. The number of nitrogens with two attached hydrogens (primary N) is 1. The molecule has 24 heavy (non-hydrogen) atoms. The number of anilines is 1.